The number of nitrogens with one attached hydrogen (secondary N) is 1. The van der Waals surface area contributed by atoms with Crippen LogP contribution in [-0.4, -0.2) is 59.2 Å². The first kappa shape index (κ1) is 17.7. The highest BCUT2D eigenvalue weighted by Crippen LogP contribution is 2.34. The van der Waals surface area contributed by atoms with Gasteiger partial charge in [-0.1, -0.05) is 30.3 Å². The second kappa shape index (κ2) is 9.26. The number of amides is 4. The molecule has 9 heteroatoms. The zero-order valence-corrected chi connectivity index (χ0v) is 18.3. The van der Waals surface area contributed by atoms with Crippen molar-refractivity contribution in [1.82, 2.24) is 15.1 Å². The summed E-state index contributed by atoms with van der Waals surface area (Å²) in [6.07, 6.45) is 0.304. The highest BCUT2D eigenvalue weighted by Gasteiger charge is 2.40. The van der Waals surface area contributed by atoms with Gasteiger partial charge in [0.1, 0.15) is 25.0 Å². The molecule has 4 amide bonds. The van der Waals surface area contributed by atoms with E-state index in [0.29, 0.717) is 24.3 Å². The Balaban J connectivity index is 1.38. The van der Waals surface area contributed by atoms with Gasteiger partial charge < -0.3 is 19.3 Å². The average molecular weight is 468 g/mol. The molecule has 5 rings (SSSR count). The van der Waals surface area contributed by atoms with Crippen LogP contribution in [0.1, 0.15) is 45.4 Å². The van der Waals surface area contributed by atoms with Crippen molar-refractivity contribution < 1.29 is 34.1 Å². The van der Waals surface area contributed by atoms with Crippen molar-refractivity contribution in [3.8, 4) is 5.75 Å². The molecule has 2 aromatic rings. The fraction of sp³-hybridized carbons (Fsp3) is 0.360. The molecule has 3 aliphatic heterocycles. The highest BCUT2D eigenvalue weighted by molar-refractivity contribution is 6.05. The molecule has 0 aliphatic carbocycles. The van der Waals surface area contributed by atoms with Crippen molar-refractivity contribution in [2.45, 2.75) is 38.5 Å². The lowest BCUT2D eigenvalue weighted by Crippen LogP contribution is -2.52. The molecule has 0 saturated carbocycles. The molecule has 1 atom stereocenters. The number of carbonyl (C=O) groups is 4. The second-order valence-electron chi connectivity index (χ2n) is 8.28. The van der Waals surface area contributed by atoms with Crippen LogP contribution in [0.25, 0.3) is 0 Å². The molecule has 3 heterocycles. The average Bonchev–Trinajstić information content (AvgIpc) is 3.20. The molecular weight excluding hydrogens is 438 g/mol. The van der Waals surface area contributed by atoms with Gasteiger partial charge in [0.15, 0.2) is 0 Å². The summed E-state index contributed by atoms with van der Waals surface area (Å²) >= 11 is 0. The summed E-state index contributed by atoms with van der Waals surface area (Å²) in [4.78, 5) is 51.8. The van der Waals surface area contributed by atoms with Crippen molar-refractivity contribution in [3.63, 3.8) is 0 Å². The van der Waals surface area contributed by atoms with Crippen molar-refractivity contribution in [2.75, 3.05) is 19.8 Å². The summed E-state index contributed by atoms with van der Waals surface area (Å²) in [7, 11) is 0. The third-order valence-electron chi connectivity index (χ3n) is 6.06. The van der Waals surface area contributed by atoms with Gasteiger partial charge in [-0.25, -0.2) is 0 Å². The van der Waals surface area contributed by atoms with E-state index in [0.717, 1.165) is 0 Å². The molecule has 2 saturated heterocycles. The molecule has 0 spiro atoms. The molecule has 0 aromatic heterocycles. The van der Waals surface area contributed by atoms with Gasteiger partial charge in [0, 0.05) is 30.6 Å². The Morgan fingerprint density at radius 3 is 2.79 bits per heavy atom. The second-order valence-corrected chi connectivity index (χ2v) is 8.28. The summed E-state index contributed by atoms with van der Waals surface area (Å²) in [5.74, 6) is -1.51. The van der Waals surface area contributed by atoms with Crippen LogP contribution in [-0.2, 0) is 38.8 Å². The standard InChI is InChI=1S/C25H25N3O6/c29-22-9-8-20(24(31)26-22)28-13-19-18(25(28)32)2-1-3-21(19)34-14-17-6-4-16(5-7-17)12-27-10-11-33-15-23(27)30/h1-7,20H,8-15H2,(H,26,29,31)/i4D,6D,14D2. The molecule has 1 N–H and O–H groups in total. The summed E-state index contributed by atoms with van der Waals surface area (Å²) < 4.78 is 44.8. The van der Waals surface area contributed by atoms with Crippen LogP contribution in [0, 0.1) is 0 Å². The predicted molar refractivity (Wildman–Crippen MR) is 119 cm³/mol. The number of rotatable bonds is 6. The lowest BCUT2D eigenvalue weighted by Gasteiger charge is -2.29. The number of ether oxygens (including phenoxy) is 2. The van der Waals surface area contributed by atoms with Crippen molar-refractivity contribution >= 4 is 23.6 Å². The monoisotopic (exact) mass is 467 g/mol. The minimum atomic E-state index is -2.53. The van der Waals surface area contributed by atoms with E-state index >= 15 is 0 Å². The third kappa shape index (κ3) is 4.38. The van der Waals surface area contributed by atoms with Crippen molar-refractivity contribution in [3.05, 3.63) is 64.7 Å². The van der Waals surface area contributed by atoms with Crippen LogP contribution in [0.5, 0.6) is 5.75 Å². The Morgan fingerprint density at radius 1 is 1.15 bits per heavy atom. The summed E-state index contributed by atoms with van der Waals surface area (Å²) in [5.41, 5.74) is 0.881. The molecule has 9 nitrogen and oxygen atoms in total. The van der Waals surface area contributed by atoms with E-state index in [4.69, 9.17) is 15.0 Å². The quantitative estimate of drug-likeness (QED) is 0.644. The number of fused-ring (bicyclic) bond motifs is 1. The molecule has 2 fully saturated rings. The predicted octanol–water partition coefficient (Wildman–Crippen LogP) is 1.39. The Bertz CT molecular complexity index is 1350. The minimum Gasteiger partial charge on any atom is -0.489 e. The van der Waals surface area contributed by atoms with E-state index in [1.807, 2.05) is 0 Å². The van der Waals surface area contributed by atoms with Gasteiger partial charge in [-0.05, 0) is 29.7 Å². The molecule has 2 aromatic carbocycles. The first-order chi connectivity index (χ1) is 18.1. The smallest absolute Gasteiger partial charge is 0.255 e. The topological polar surface area (TPSA) is 105 Å². The Hall–Kier alpha value is -3.72. The van der Waals surface area contributed by atoms with Crippen LogP contribution < -0.4 is 10.1 Å². The molecule has 176 valence electrons. The molecule has 3 aliphatic rings. The van der Waals surface area contributed by atoms with E-state index in [1.165, 1.54) is 34.1 Å². The number of morpholine rings is 1. The van der Waals surface area contributed by atoms with Gasteiger partial charge in [-0.2, -0.15) is 0 Å². The number of nitrogens with zero attached hydrogens (tertiary/aromatic N) is 2. The maximum atomic E-state index is 13.1. The van der Waals surface area contributed by atoms with Crippen molar-refractivity contribution in [2.24, 2.45) is 0 Å². The number of imide groups is 1. The number of hydrogen-bond acceptors (Lipinski definition) is 6. The normalized spacial score (nSPS) is 22.5. The molecular formula is C25H25N3O6. The van der Waals surface area contributed by atoms with Crippen molar-refractivity contribution in [1.29, 1.82) is 0 Å². The van der Waals surface area contributed by atoms with Gasteiger partial charge in [0.2, 0.25) is 17.7 Å². The van der Waals surface area contributed by atoms with Gasteiger partial charge in [-0.15, -0.1) is 0 Å². The Morgan fingerprint density at radius 2 is 1.97 bits per heavy atom. The fourth-order valence-corrected chi connectivity index (χ4v) is 4.25. The van der Waals surface area contributed by atoms with E-state index in [2.05, 4.69) is 5.32 Å². The SMILES string of the molecule is [2H]c1c(CN2CCOCC2=O)ccc(C([2H])([2H])Oc2cccc3c2CN(C2CCC(=O)NC2=O)C3=O)c1[2H]. The number of hydrogen-bond donors (Lipinski definition) is 1. The lowest BCUT2D eigenvalue weighted by molar-refractivity contribution is -0.143. The van der Waals surface area contributed by atoms with E-state index in [-0.39, 0.29) is 67.4 Å². The molecule has 0 radical (unpaired) electrons. The lowest BCUT2D eigenvalue weighted by atomic mass is 10.0. The van der Waals surface area contributed by atoms with Crippen LogP contribution in [0.2, 0.25) is 0 Å². The highest BCUT2D eigenvalue weighted by atomic mass is 16.5. The van der Waals surface area contributed by atoms with Gasteiger partial charge >= 0.3 is 0 Å². The molecule has 34 heavy (non-hydrogen) atoms. The summed E-state index contributed by atoms with van der Waals surface area (Å²) in [6.45, 7) is -1.71. The van der Waals surface area contributed by atoms with Crippen LogP contribution in [0.4, 0.5) is 0 Å². The number of carbonyl (C=O) groups excluding carboxylic acids is 4. The minimum absolute atomic E-state index is 0.00333. The Kier molecular flexibility index (Phi) is 4.83. The summed E-state index contributed by atoms with van der Waals surface area (Å²) in [5, 5.41) is 2.24. The number of benzene rings is 2. The first-order valence-corrected chi connectivity index (χ1v) is 11.0. The van der Waals surface area contributed by atoms with Gasteiger partial charge in [0.05, 0.1) is 18.6 Å². The van der Waals surface area contributed by atoms with E-state index < -0.39 is 30.3 Å². The van der Waals surface area contributed by atoms with Crippen LogP contribution >= 0.6 is 0 Å². The van der Waals surface area contributed by atoms with Crippen LogP contribution in [0.3, 0.4) is 0 Å². The largest absolute Gasteiger partial charge is 0.489 e. The van der Waals surface area contributed by atoms with E-state index in [1.54, 1.807) is 6.07 Å². The summed E-state index contributed by atoms with van der Waals surface area (Å²) in [6, 6.07) is 6.06. The zero-order valence-electron chi connectivity index (χ0n) is 22.3. The van der Waals surface area contributed by atoms with E-state index in [9.17, 15) is 19.2 Å². The first-order valence-electron chi connectivity index (χ1n) is 13.0. The maximum absolute atomic E-state index is 13.1. The van der Waals surface area contributed by atoms with Crippen LogP contribution in [0.15, 0.2) is 42.4 Å². The molecule has 1 unspecified atom stereocenters. The number of piperidine rings is 1. The van der Waals surface area contributed by atoms with Gasteiger partial charge in [-0.3, -0.25) is 24.5 Å². The van der Waals surface area contributed by atoms with Gasteiger partial charge in [0.25, 0.3) is 5.91 Å². The molecule has 0 bridgehead atoms. The maximum Gasteiger partial charge on any atom is 0.255 e. The third-order valence-corrected chi connectivity index (χ3v) is 6.06. The Labute approximate surface area is 202 Å². The zero-order chi connectivity index (χ0) is 27.2. The fourth-order valence-electron chi connectivity index (χ4n) is 4.25.